The molecular formula is C16H11NO4. The number of hydrogen-bond acceptors (Lipinski definition) is 5. The molecule has 1 unspecified atom stereocenters. The lowest BCUT2D eigenvalue weighted by Crippen LogP contribution is -2.39. The van der Waals surface area contributed by atoms with Crippen molar-refractivity contribution in [3.8, 4) is 0 Å². The van der Waals surface area contributed by atoms with Crippen molar-refractivity contribution >= 4 is 23.2 Å². The maximum Gasteiger partial charge on any atom is 0.401 e. The molecule has 0 radical (unpaired) electrons. The van der Waals surface area contributed by atoms with Gasteiger partial charge >= 0.3 is 5.97 Å². The van der Waals surface area contributed by atoms with Gasteiger partial charge in [0.25, 0.3) is 5.78 Å². The lowest BCUT2D eigenvalue weighted by atomic mass is 10.0. The van der Waals surface area contributed by atoms with Crippen molar-refractivity contribution in [3.05, 3.63) is 66.2 Å². The molecule has 1 aliphatic rings. The summed E-state index contributed by atoms with van der Waals surface area (Å²) >= 11 is 0. The van der Waals surface area contributed by atoms with Gasteiger partial charge in [-0.2, -0.15) is 5.06 Å². The van der Waals surface area contributed by atoms with Crippen LogP contribution in [0.25, 0.3) is 0 Å². The molecule has 0 aliphatic carbocycles. The Kier molecular flexibility index (Phi) is 3.23. The molecule has 1 atom stereocenters. The molecule has 2 aromatic carbocycles. The molecule has 5 nitrogen and oxygen atoms in total. The number of ketones is 2. The van der Waals surface area contributed by atoms with E-state index in [4.69, 9.17) is 4.84 Å². The highest BCUT2D eigenvalue weighted by Gasteiger charge is 2.47. The SMILES string of the molecule is O=C1ON(c2ccccc2)C(C(=O)c2ccccc2)C1=O. The maximum atomic E-state index is 12.5. The first-order chi connectivity index (χ1) is 10.2. The van der Waals surface area contributed by atoms with Crippen molar-refractivity contribution in [1.29, 1.82) is 0 Å². The predicted octanol–water partition coefficient (Wildman–Crippen LogP) is 1.79. The summed E-state index contributed by atoms with van der Waals surface area (Å²) in [6.07, 6.45) is 0. The van der Waals surface area contributed by atoms with Gasteiger partial charge in [0.05, 0.1) is 5.69 Å². The second kappa shape index (κ2) is 5.20. The Hall–Kier alpha value is -2.95. The fourth-order valence-corrected chi connectivity index (χ4v) is 2.17. The highest BCUT2D eigenvalue weighted by Crippen LogP contribution is 2.25. The Labute approximate surface area is 120 Å². The third-order valence-corrected chi connectivity index (χ3v) is 3.18. The molecule has 1 aliphatic heterocycles. The fraction of sp³-hybridized carbons (Fsp3) is 0.0625. The van der Waals surface area contributed by atoms with Crippen LogP contribution in [0, 0.1) is 0 Å². The van der Waals surface area contributed by atoms with E-state index in [1.807, 2.05) is 0 Å². The van der Waals surface area contributed by atoms with Crippen LogP contribution < -0.4 is 5.06 Å². The van der Waals surface area contributed by atoms with Crippen LogP contribution in [0.4, 0.5) is 5.69 Å². The first kappa shape index (κ1) is 13.1. The minimum absolute atomic E-state index is 0.357. The number of hydroxylamine groups is 1. The van der Waals surface area contributed by atoms with E-state index in [2.05, 4.69) is 0 Å². The van der Waals surface area contributed by atoms with Crippen molar-refractivity contribution < 1.29 is 19.2 Å². The molecule has 3 rings (SSSR count). The molecule has 0 bridgehead atoms. The monoisotopic (exact) mass is 281 g/mol. The normalized spacial score (nSPS) is 17.7. The number of para-hydroxylation sites is 1. The minimum Gasteiger partial charge on any atom is -0.331 e. The number of rotatable bonds is 3. The zero-order valence-electron chi connectivity index (χ0n) is 10.9. The third kappa shape index (κ3) is 2.29. The summed E-state index contributed by atoms with van der Waals surface area (Å²) in [6.45, 7) is 0. The average Bonchev–Trinajstić information content (AvgIpc) is 2.84. The molecule has 0 N–H and O–H groups in total. The molecule has 1 saturated heterocycles. The van der Waals surface area contributed by atoms with E-state index in [0.29, 0.717) is 11.3 Å². The predicted molar refractivity (Wildman–Crippen MR) is 74.6 cm³/mol. The molecule has 104 valence electrons. The van der Waals surface area contributed by atoms with Crippen molar-refractivity contribution in [2.24, 2.45) is 0 Å². The van der Waals surface area contributed by atoms with E-state index in [1.54, 1.807) is 60.7 Å². The Morgan fingerprint density at radius 2 is 1.48 bits per heavy atom. The van der Waals surface area contributed by atoms with Gasteiger partial charge in [0.2, 0.25) is 0 Å². The molecule has 5 heteroatoms. The summed E-state index contributed by atoms with van der Waals surface area (Å²) in [7, 11) is 0. The van der Waals surface area contributed by atoms with E-state index in [9.17, 15) is 14.4 Å². The minimum atomic E-state index is -1.28. The van der Waals surface area contributed by atoms with Crippen LogP contribution in [0.15, 0.2) is 60.7 Å². The van der Waals surface area contributed by atoms with Crippen LogP contribution in [-0.4, -0.2) is 23.6 Å². The Morgan fingerprint density at radius 3 is 2.10 bits per heavy atom. The van der Waals surface area contributed by atoms with Gasteiger partial charge in [-0.25, -0.2) is 4.79 Å². The number of carbonyl (C=O) groups is 3. The van der Waals surface area contributed by atoms with Gasteiger partial charge in [-0.15, -0.1) is 0 Å². The smallest absolute Gasteiger partial charge is 0.331 e. The van der Waals surface area contributed by atoms with Crippen LogP contribution in [0.3, 0.4) is 0 Å². The summed E-state index contributed by atoms with van der Waals surface area (Å²) in [5.74, 6) is -2.34. The zero-order valence-corrected chi connectivity index (χ0v) is 10.9. The zero-order chi connectivity index (χ0) is 14.8. The summed E-state index contributed by atoms with van der Waals surface area (Å²) in [5.41, 5.74) is 0.834. The van der Waals surface area contributed by atoms with Gasteiger partial charge in [0.1, 0.15) is 0 Å². The van der Waals surface area contributed by atoms with Crippen LogP contribution in [0.2, 0.25) is 0 Å². The molecule has 21 heavy (non-hydrogen) atoms. The Bertz CT molecular complexity index is 697. The van der Waals surface area contributed by atoms with Gasteiger partial charge in [0, 0.05) is 5.56 Å². The molecule has 1 fully saturated rings. The first-order valence-electron chi connectivity index (χ1n) is 6.38. The van der Waals surface area contributed by atoms with Crippen LogP contribution >= 0.6 is 0 Å². The van der Waals surface area contributed by atoms with Gasteiger partial charge in [-0.3, -0.25) is 9.59 Å². The van der Waals surface area contributed by atoms with E-state index in [0.717, 1.165) is 5.06 Å². The highest BCUT2D eigenvalue weighted by molar-refractivity contribution is 6.44. The Morgan fingerprint density at radius 1 is 0.905 bits per heavy atom. The molecule has 0 spiro atoms. The molecule has 1 heterocycles. The number of carbonyl (C=O) groups excluding carboxylic acids is 3. The number of Topliss-reactive ketones (excluding diaryl/α,β-unsaturated/α-hetero) is 2. The average molecular weight is 281 g/mol. The fourth-order valence-electron chi connectivity index (χ4n) is 2.17. The summed E-state index contributed by atoms with van der Waals surface area (Å²) in [5, 5.41) is 1.07. The van der Waals surface area contributed by atoms with Crippen LogP contribution in [-0.2, 0) is 14.4 Å². The summed E-state index contributed by atoms with van der Waals surface area (Å²) in [6, 6.07) is 15.7. The second-order valence-electron chi connectivity index (χ2n) is 4.54. The first-order valence-corrected chi connectivity index (χ1v) is 6.38. The van der Waals surface area contributed by atoms with Crippen molar-refractivity contribution in [2.45, 2.75) is 6.04 Å². The summed E-state index contributed by atoms with van der Waals surface area (Å²) in [4.78, 5) is 40.9. The summed E-state index contributed by atoms with van der Waals surface area (Å²) < 4.78 is 0. The maximum absolute atomic E-state index is 12.5. The number of nitrogens with zero attached hydrogens (tertiary/aromatic N) is 1. The highest BCUT2D eigenvalue weighted by atomic mass is 16.7. The lowest BCUT2D eigenvalue weighted by Gasteiger charge is -2.20. The van der Waals surface area contributed by atoms with Crippen LogP contribution in [0.5, 0.6) is 0 Å². The standard InChI is InChI=1S/C16H11NO4/c18-14(11-7-3-1-4-8-11)13-15(19)16(20)21-17(13)12-9-5-2-6-10-12/h1-10,13H. The number of anilines is 1. The van der Waals surface area contributed by atoms with Crippen molar-refractivity contribution in [1.82, 2.24) is 0 Å². The lowest BCUT2D eigenvalue weighted by molar-refractivity contribution is -0.147. The van der Waals surface area contributed by atoms with E-state index in [-0.39, 0.29) is 0 Å². The largest absolute Gasteiger partial charge is 0.401 e. The van der Waals surface area contributed by atoms with E-state index >= 15 is 0 Å². The van der Waals surface area contributed by atoms with Gasteiger partial charge in [-0.05, 0) is 12.1 Å². The van der Waals surface area contributed by atoms with Crippen LogP contribution in [0.1, 0.15) is 10.4 Å². The molecule has 2 aromatic rings. The van der Waals surface area contributed by atoms with E-state index < -0.39 is 23.6 Å². The number of benzene rings is 2. The molecule has 0 amide bonds. The third-order valence-electron chi connectivity index (χ3n) is 3.18. The second-order valence-corrected chi connectivity index (χ2v) is 4.54. The quantitative estimate of drug-likeness (QED) is 0.487. The van der Waals surface area contributed by atoms with E-state index in [1.165, 1.54) is 0 Å². The van der Waals surface area contributed by atoms with Crippen molar-refractivity contribution in [2.75, 3.05) is 5.06 Å². The van der Waals surface area contributed by atoms with Gasteiger partial charge in [0.15, 0.2) is 11.8 Å². The van der Waals surface area contributed by atoms with Crippen molar-refractivity contribution in [3.63, 3.8) is 0 Å². The molecule has 0 aromatic heterocycles. The molecule has 0 saturated carbocycles. The van der Waals surface area contributed by atoms with Gasteiger partial charge in [-0.1, -0.05) is 48.5 Å². The van der Waals surface area contributed by atoms with Gasteiger partial charge < -0.3 is 4.84 Å². The molecular weight excluding hydrogens is 270 g/mol. The topological polar surface area (TPSA) is 63.7 Å². The Balaban J connectivity index is 1.99. The number of hydrogen-bond donors (Lipinski definition) is 0.